The lowest BCUT2D eigenvalue weighted by molar-refractivity contribution is -0.124. The van der Waals surface area contributed by atoms with Crippen molar-refractivity contribution in [3.63, 3.8) is 0 Å². The molecule has 4 nitrogen and oxygen atoms in total. The van der Waals surface area contributed by atoms with E-state index in [0.29, 0.717) is 17.1 Å². The fourth-order valence-corrected chi connectivity index (χ4v) is 5.92. The van der Waals surface area contributed by atoms with Gasteiger partial charge >= 0.3 is 0 Å². The SMILES string of the molecule is COc1ccc(S(=O)(=O)CC2CCC(C(=O)C[C@H](C)c3ccc(F)cc3)CC2)cc1. The quantitative estimate of drug-likeness (QED) is 0.577. The van der Waals surface area contributed by atoms with Crippen LogP contribution in [0, 0.1) is 17.7 Å². The van der Waals surface area contributed by atoms with Crippen LogP contribution < -0.4 is 4.74 Å². The molecule has 30 heavy (non-hydrogen) atoms. The number of benzene rings is 2. The third-order valence-electron chi connectivity index (χ3n) is 6.12. The number of halogens is 1. The maximum absolute atomic E-state index is 13.1. The van der Waals surface area contributed by atoms with Gasteiger partial charge in [0.25, 0.3) is 0 Å². The van der Waals surface area contributed by atoms with Gasteiger partial charge in [0, 0.05) is 12.3 Å². The third kappa shape index (κ3) is 5.69. The Morgan fingerprint density at radius 2 is 1.63 bits per heavy atom. The van der Waals surface area contributed by atoms with Gasteiger partial charge in [0.15, 0.2) is 9.84 Å². The number of ketones is 1. The number of hydrogen-bond acceptors (Lipinski definition) is 4. The van der Waals surface area contributed by atoms with Crippen molar-refractivity contribution >= 4 is 15.6 Å². The molecule has 0 N–H and O–H groups in total. The molecule has 0 aliphatic heterocycles. The van der Waals surface area contributed by atoms with Gasteiger partial charge in [-0.05, 0) is 79.5 Å². The summed E-state index contributed by atoms with van der Waals surface area (Å²) in [5.74, 6) is 0.813. The van der Waals surface area contributed by atoms with Gasteiger partial charge < -0.3 is 4.74 Å². The van der Waals surface area contributed by atoms with Crippen molar-refractivity contribution < 1.29 is 22.3 Å². The fraction of sp³-hybridized carbons (Fsp3) is 0.458. The van der Waals surface area contributed by atoms with E-state index >= 15 is 0 Å². The van der Waals surface area contributed by atoms with Crippen molar-refractivity contribution in [2.75, 3.05) is 12.9 Å². The Bertz CT molecular complexity index is 944. The van der Waals surface area contributed by atoms with Crippen LogP contribution in [0.25, 0.3) is 0 Å². The molecule has 1 aliphatic carbocycles. The molecular formula is C24H29FO4S. The monoisotopic (exact) mass is 432 g/mol. The largest absolute Gasteiger partial charge is 0.497 e. The second kappa shape index (κ2) is 9.73. The van der Waals surface area contributed by atoms with E-state index in [2.05, 4.69) is 0 Å². The van der Waals surface area contributed by atoms with E-state index in [0.717, 1.165) is 31.2 Å². The number of hydrogen-bond donors (Lipinski definition) is 0. The predicted molar refractivity (Wildman–Crippen MR) is 115 cm³/mol. The number of Topliss-reactive ketones (excluding diaryl/α,β-unsaturated/α-hetero) is 1. The molecule has 2 aromatic carbocycles. The lowest BCUT2D eigenvalue weighted by atomic mass is 9.78. The van der Waals surface area contributed by atoms with Crippen LogP contribution in [0.5, 0.6) is 5.75 Å². The number of carbonyl (C=O) groups is 1. The molecule has 162 valence electrons. The summed E-state index contributed by atoms with van der Waals surface area (Å²) >= 11 is 0. The normalized spacial score (nSPS) is 20.5. The number of methoxy groups -OCH3 is 1. The van der Waals surface area contributed by atoms with Crippen LogP contribution in [0.4, 0.5) is 4.39 Å². The van der Waals surface area contributed by atoms with Crippen molar-refractivity contribution in [2.24, 2.45) is 11.8 Å². The average molecular weight is 433 g/mol. The molecular weight excluding hydrogens is 403 g/mol. The van der Waals surface area contributed by atoms with Crippen molar-refractivity contribution in [1.82, 2.24) is 0 Å². The highest BCUT2D eigenvalue weighted by molar-refractivity contribution is 7.91. The Hall–Kier alpha value is -2.21. The zero-order valence-electron chi connectivity index (χ0n) is 17.5. The van der Waals surface area contributed by atoms with Gasteiger partial charge in [-0.15, -0.1) is 0 Å². The summed E-state index contributed by atoms with van der Waals surface area (Å²) in [7, 11) is -1.81. The van der Waals surface area contributed by atoms with E-state index in [9.17, 15) is 17.6 Å². The van der Waals surface area contributed by atoms with Crippen LogP contribution in [-0.4, -0.2) is 27.1 Å². The first kappa shape index (κ1) is 22.5. The molecule has 1 aliphatic rings. The van der Waals surface area contributed by atoms with Crippen molar-refractivity contribution in [2.45, 2.75) is 49.8 Å². The first-order chi connectivity index (χ1) is 14.3. The van der Waals surface area contributed by atoms with Crippen molar-refractivity contribution in [1.29, 1.82) is 0 Å². The Balaban J connectivity index is 1.51. The summed E-state index contributed by atoms with van der Waals surface area (Å²) < 4.78 is 43.6. The van der Waals surface area contributed by atoms with Crippen LogP contribution in [0.2, 0.25) is 0 Å². The molecule has 6 heteroatoms. The van der Waals surface area contributed by atoms with Gasteiger partial charge in [-0.2, -0.15) is 0 Å². The van der Waals surface area contributed by atoms with Crippen LogP contribution in [-0.2, 0) is 14.6 Å². The maximum atomic E-state index is 13.1. The fourth-order valence-electron chi connectivity index (χ4n) is 4.22. The second-order valence-corrected chi connectivity index (χ2v) is 10.3. The van der Waals surface area contributed by atoms with Gasteiger partial charge in [-0.25, -0.2) is 12.8 Å². The summed E-state index contributed by atoms with van der Waals surface area (Å²) in [5.41, 5.74) is 0.962. The topological polar surface area (TPSA) is 60.4 Å². The molecule has 2 aromatic rings. The molecule has 0 spiro atoms. The van der Waals surface area contributed by atoms with E-state index in [1.54, 1.807) is 43.5 Å². The van der Waals surface area contributed by atoms with Gasteiger partial charge in [0.2, 0.25) is 0 Å². The van der Waals surface area contributed by atoms with Crippen LogP contribution >= 0.6 is 0 Å². The average Bonchev–Trinajstić information content (AvgIpc) is 2.74. The molecule has 0 radical (unpaired) electrons. The molecule has 3 rings (SSSR count). The second-order valence-electron chi connectivity index (χ2n) is 8.30. The minimum atomic E-state index is -3.35. The van der Waals surface area contributed by atoms with Crippen molar-refractivity contribution in [3.05, 3.63) is 59.9 Å². The predicted octanol–water partition coefficient (Wildman–Crippen LogP) is 5.18. The molecule has 1 fully saturated rings. The standard InChI is InChI=1S/C24H29FO4S/c1-17(19-7-9-21(25)10-8-19)15-24(26)20-5-3-18(4-6-20)16-30(27,28)23-13-11-22(29-2)12-14-23/h7-14,17-18,20H,3-6,15-16H2,1-2H3/t17-,18?,20?/m0/s1. The van der Waals surface area contributed by atoms with Gasteiger partial charge in [-0.3, -0.25) is 4.79 Å². The zero-order chi connectivity index (χ0) is 21.7. The zero-order valence-corrected chi connectivity index (χ0v) is 18.3. The Morgan fingerprint density at radius 1 is 1.03 bits per heavy atom. The molecule has 0 unspecified atom stereocenters. The summed E-state index contributed by atoms with van der Waals surface area (Å²) in [6, 6.07) is 12.8. The van der Waals surface area contributed by atoms with E-state index in [-0.39, 0.29) is 35.1 Å². The highest BCUT2D eigenvalue weighted by Crippen LogP contribution is 2.34. The molecule has 0 heterocycles. The van der Waals surface area contributed by atoms with E-state index in [1.165, 1.54) is 12.1 Å². The first-order valence-electron chi connectivity index (χ1n) is 10.4. The van der Waals surface area contributed by atoms with Crippen LogP contribution in [0.1, 0.15) is 50.5 Å². The van der Waals surface area contributed by atoms with E-state index in [4.69, 9.17) is 4.74 Å². The lowest BCUT2D eigenvalue weighted by Gasteiger charge is -2.28. The van der Waals surface area contributed by atoms with Crippen LogP contribution in [0.15, 0.2) is 53.4 Å². The molecule has 0 amide bonds. The minimum Gasteiger partial charge on any atom is -0.497 e. The number of ether oxygens (including phenoxy) is 1. The number of carbonyl (C=O) groups excluding carboxylic acids is 1. The molecule has 1 atom stereocenters. The molecule has 0 aromatic heterocycles. The summed E-state index contributed by atoms with van der Waals surface area (Å²) in [5, 5.41) is 0. The van der Waals surface area contributed by atoms with E-state index in [1.807, 2.05) is 6.92 Å². The summed E-state index contributed by atoms with van der Waals surface area (Å²) in [6.45, 7) is 1.98. The molecule has 1 saturated carbocycles. The van der Waals surface area contributed by atoms with E-state index < -0.39 is 9.84 Å². The molecule has 0 bridgehead atoms. The number of sulfone groups is 1. The summed E-state index contributed by atoms with van der Waals surface area (Å²) in [4.78, 5) is 13.0. The van der Waals surface area contributed by atoms with Gasteiger partial charge in [0.1, 0.15) is 17.3 Å². The smallest absolute Gasteiger partial charge is 0.178 e. The Morgan fingerprint density at radius 3 is 2.20 bits per heavy atom. The number of rotatable bonds is 8. The third-order valence-corrected chi connectivity index (χ3v) is 8.02. The summed E-state index contributed by atoms with van der Waals surface area (Å²) in [6.07, 6.45) is 3.40. The molecule has 0 saturated heterocycles. The van der Waals surface area contributed by atoms with Crippen LogP contribution in [0.3, 0.4) is 0 Å². The van der Waals surface area contributed by atoms with Gasteiger partial charge in [-0.1, -0.05) is 19.1 Å². The Kier molecular flexibility index (Phi) is 7.29. The minimum absolute atomic E-state index is 0.00663. The Labute approximate surface area is 178 Å². The highest BCUT2D eigenvalue weighted by Gasteiger charge is 2.30. The van der Waals surface area contributed by atoms with Crippen molar-refractivity contribution in [3.8, 4) is 5.75 Å². The highest BCUT2D eigenvalue weighted by atomic mass is 32.2. The maximum Gasteiger partial charge on any atom is 0.178 e. The van der Waals surface area contributed by atoms with Gasteiger partial charge in [0.05, 0.1) is 17.8 Å². The first-order valence-corrected chi connectivity index (χ1v) is 12.1. The lowest BCUT2D eigenvalue weighted by Crippen LogP contribution is -2.26.